The van der Waals surface area contributed by atoms with Gasteiger partial charge in [0, 0.05) is 19.3 Å². The summed E-state index contributed by atoms with van der Waals surface area (Å²) in [4.78, 5) is 12.6. The van der Waals surface area contributed by atoms with Crippen LogP contribution >= 0.6 is 35.6 Å². The average molecular weight is 422 g/mol. The first-order chi connectivity index (χ1) is 11.8. The smallest absolute Gasteiger partial charge is 0.224 e. The van der Waals surface area contributed by atoms with Gasteiger partial charge in [0.05, 0.1) is 43.4 Å². The highest BCUT2D eigenvalue weighted by Crippen LogP contribution is 2.40. The predicted octanol–water partition coefficient (Wildman–Crippen LogP) is 3.04. The molecule has 1 aliphatic carbocycles. The number of hydrogen-bond donors (Lipinski definition) is 2. The van der Waals surface area contributed by atoms with Crippen molar-refractivity contribution >= 4 is 41.5 Å². The van der Waals surface area contributed by atoms with E-state index in [1.807, 2.05) is 30.3 Å². The lowest BCUT2D eigenvalue weighted by Crippen LogP contribution is -2.77. The molecule has 1 amide bonds. The predicted molar refractivity (Wildman–Crippen MR) is 110 cm³/mol. The molecule has 26 heavy (non-hydrogen) atoms. The first-order valence-electron chi connectivity index (χ1n) is 9.09. The summed E-state index contributed by atoms with van der Waals surface area (Å²) in [6.45, 7) is 2.05. The fraction of sp³-hybridized carbons (Fsp3) is 0.632. The molecule has 146 valence electrons. The molecule has 1 heterocycles. The van der Waals surface area contributed by atoms with Gasteiger partial charge in [-0.25, -0.2) is 0 Å². The number of amides is 1. The lowest BCUT2D eigenvalue weighted by Gasteiger charge is -2.54. The maximum absolute atomic E-state index is 12.6. The molecule has 0 aromatic heterocycles. The van der Waals surface area contributed by atoms with Gasteiger partial charge < -0.3 is 9.80 Å². The summed E-state index contributed by atoms with van der Waals surface area (Å²) in [6.07, 6.45) is 3.92. The lowest BCUT2D eigenvalue weighted by molar-refractivity contribution is -0.951. The molecule has 1 saturated carbocycles. The second-order valence-corrected chi connectivity index (χ2v) is 8.92. The van der Waals surface area contributed by atoms with E-state index in [2.05, 4.69) is 12.4 Å². The number of quaternary nitrogens is 1. The summed E-state index contributed by atoms with van der Waals surface area (Å²) in [5.74, 6) is -0.00582. The van der Waals surface area contributed by atoms with E-state index in [4.69, 9.17) is 28.9 Å². The number of likely N-dealkylation sites (N-methyl/N-ethyl adjacent to an activating group) is 1. The van der Waals surface area contributed by atoms with E-state index in [-0.39, 0.29) is 35.1 Å². The van der Waals surface area contributed by atoms with Crippen molar-refractivity contribution in [3.05, 3.63) is 35.9 Å². The Bertz CT molecular complexity index is 609. The first-order valence-corrected chi connectivity index (χ1v) is 9.96. The Morgan fingerprint density at radius 3 is 2.46 bits per heavy atom. The maximum atomic E-state index is 12.6. The van der Waals surface area contributed by atoms with Gasteiger partial charge in [-0.2, -0.15) is 0 Å². The number of nitrogens with one attached hydrogen (secondary N) is 1. The number of benzene rings is 1. The highest BCUT2D eigenvalue weighted by Gasteiger charge is 2.57. The van der Waals surface area contributed by atoms with Crippen molar-refractivity contribution in [1.82, 2.24) is 5.32 Å². The molecule has 1 aromatic carbocycles. The zero-order valence-electron chi connectivity index (χ0n) is 15.2. The Balaban J connectivity index is 0.00000243. The van der Waals surface area contributed by atoms with Crippen LogP contribution in [0.3, 0.4) is 0 Å². The number of alkyl halides is 2. The van der Waals surface area contributed by atoms with Crippen LogP contribution in [0.2, 0.25) is 0 Å². The van der Waals surface area contributed by atoms with Gasteiger partial charge in [0.15, 0.2) is 5.66 Å². The molecule has 0 spiro atoms. The van der Waals surface area contributed by atoms with Crippen molar-refractivity contribution in [2.75, 3.05) is 20.1 Å². The highest BCUT2D eigenvalue weighted by atomic mass is 35.5. The van der Waals surface area contributed by atoms with Crippen LogP contribution in [0.15, 0.2) is 30.3 Å². The molecular weight excluding hydrogens is 393 g/mol. The summed E-state index contributed by atoms with van der Waals surface area (Å²) in [5, 5.41) is 2.85. The SMILES string of the molecule is C[N+]1([C@]2(N)C[C@@H](Cl)C(Cl)CC2NC(=O)Cc2ccccc2)CCCC1.Cl. The zero-order chi connectivity index (χ0) is 18.1. The molecule has 7 heteroatoms. The van der Waals surface area contributed by atoms with E-state index >= 15 is 0 Å². The van der Waals surface area contributed by atoms with Gasteiger partial charge in [0.1, 0.15) is 0 Å². The molecule has 2 fully saturated rings. The Labute approximate surface area is 172 Å². The number of halogens is 3. The molecule has 3 rings (SSSR count). The summed E-state index contributed by atoms with van der Waals surface area (Å²) in [5.41, 5.74) is 7.38. The van der Waals surface area contributed by atoms with Crippen LogP contribution in [0, 0.1) is 0 Å². The number of hydrogen-bond acceptors (Lipinski definition) is 2. The van der Waals surface area contributed by atoms with Gasteiger partial charge in [-0.15, -0.1) is 35.6 Å². The summed E-state index contributed by atoms with van der Waals surface area (Å²) in [6, 6.07) is 9.60. The quantitative estimate of drug-likeness (QED) is 0.580. The van der Waals surface area contributed by atoms with Crippen LogP contribution < -0.4 is 11.1 Å². The Morgan fingerprint density at radius 2 is 1.85 bits per heavy atom. The van der Waals surface area contributed by atoms with E-state index in [1.54, 1.807) is 0 Å². The van der Waals surface area contributed by atoms with E-state index in [0.29, 0.717) is 19.3 Å². The van der Waals surface area contributed by atoms with Crippen LogP contribution in [0.4, 0.5) is 0 Å². The third-order valence-corrected chi connectivity index (χ3v) is 7.15. The van der Waals surface area contributed by atoms with Gasteiger partial charge in [0.2, 0.25) is 5.91 Å². The summed E-state index contributed by atoms with van der Waals surface area (Å²) >= 11 is 12.9. The third-order valence-electron chi connectivity index (χ3n) is 6.08. The standard InChI is InChI=1S/C19H27Cl2N3O.ClH/c1-24(9-5-6-10-24)19(22)13-16(21)15(20)12-17(19)23-18(25)11-14-7-3-2-4-8-14;/h2-4,7-8,15-17H,5-6,9-13,22H2,1H3;1H/p+1/t15?,16-,17?,19-;/m1./s1. The highest BCUT2D eigenvalue weighted by molar-refractivity contribution is 6.30. The van der Waals surface area contributed by atoms with Crippen molar-refractivity contribution < 1.29 is 9.28 Å². The van der Waals surface area contributed by atoms with Crippen molar-refractivity contribution in [3.8, 4) is 0 Å². The second kappa shape index (κ2) is 8.66. The molecular formula is C19H29Cl3N3O+. The van der Waals surface area contributed by atoms with Crippen molar-refractivity contribution in [2.24, 2.45) is 5.73 Å². The normalized spacial score (nSPS) is 33.3. The van der Waals surface area contributed by atoms with E-state index in [1.165, 1.54) is 0 Å². The Kier molecular flexibility index (Phi) is 7.25. The van der Waals surface area contributed by atoms with Crippen LogP contribution in [0.1, 0.15) is 31.2 Å². The van der Waals surface area contributed by atoms with E-state index < -0.39 is 5.66 Å². The molecule has 1 saturated heterocycles. The van der Waals surface area contributed by atoms with Gasteiger partial charge in [0.25, 0.3) is 0 Å². The summed E-state index contributed by atoms with van der Waals surface area (Å²) < 4.78 is 0.760. The van der Waals surface area contributed by atoms with Gasteiger partial charge in [-0.1, -0.05) is 30.3 Å². The van der Waals surface area contributed by atoms with Crippen LogP contribution in [-0.2, 0) is 11.2 Å². The van der Waals surface area contributed by atoms with E-state index in [0.717, 1.165) is 36.0 Å². The number of carbonyl (C=O) groups excluding carboxylic acids is 1. The van der Waals surface area contributed by atoms with Crippen LogP contribution in [-0.4, -0.2) is 53.0 Å². The van der Waals surface area contributed by atoms with Crippen molar-refractivity contribution in [3.63, 3.8) is 0 Å². The lowest BCUT2D eigenvalue weighted by atomic mass is 9.81. The Hall–Kier alpha value is -0.520. The number of likely N-dealkylation sites (tertiary alicyclic amines) is 1. The van der Waals surface area contributed by atoms with Crippen LogP contribution in [0.25, 0.3) is 0 Å². The molecule has 0 bridgehead atoms. The first kappa shape index (κ1) is 21.8. The molecule has 4 nitrogen and oxygen atoms in total. The maximum Gasteiger partial charge on any atom is 0.224 e. The molecule has 2 aliphatic rings. The van der Waals surface area contributed by atoms with Crippen LogP contribution in [0.5, 0.6) is 0 Å². The van der Waals surface area contributed by atoms with E-state index in [9.17, 15) is 4.79 Å². The monoisotopic (exact) mass is 420 g/mol. The van der Waals surface area contributed by atoms with Gasteiger partial charge >= 0.3 is 0 Å². The molecule has 0 radical (unpaired) electrons. The number of nitrogens with zero attached hydrogens (tertiary/aromatic N) is 1. The Morgan fingerprint density at radius 1 is 1.23 bits per heavy atom. The third kappa shape index (κ3) is 4.31. The topological polar surface area (TPSA) is 55.1 Å². The van der Waals surface area contributed by atoms with Gasteiger partial charge in [-0.3, -0.25) is 10.5 Å². The minimum absolute atomic E-state index is 0. The minimum atomic E-state index is -0.569. The molecule has 3 N–H and O–H groups in total. The molecule has 4 atom stereocenters. The second-order valence-electron chi connectivity index (χ2n) is 7.80. The fourth-order valence-corrected chi connectivity index (χ4v) is 5.03. The zero-order valence-corrected chi connectivity index (χ0v) is 17.5. The minimum Gasteiger partial charge on any atom is -0.345 e. The molecule has 1 aromatic rings. The number of nitrogens with two attached hydrogens (primary N) is 1. The number of rotatable bonds is 4. The number of carbonyl (C=O) groups is 1. The summed E-state index contributed by atoms with van der Waals surface area (Å²) in [7, 11) is 2.20. The molecule has 1 aliphatic heterocycles. The fourth-order valence-electron chi connectivity index (χ4n) is 4.42. The van der Waals surface area contributed by atoms with Crippen molar-refractivity contribution in [1.29, 1.82) is 0 Å². The molecule has 2 unspecified atom stereocenters. The largest absolute Gasteiger partial charge is 0.345 e. The van der Waals surface area contributed by atoms with Crippen molar-refractivity contribution in [2.45, 2.75) is 54.6 Å². The average Bonchev–Trinajstić information content (AvgIpc) is 3.02. The van der Waals surface area contributed by atoms with Gasteiger partial charge in [-0.05, 0) is 12.0 Å².